The van der Waals surface area contributed by atoms with Crippen molar-refractivity contribution in [2.75, 3.05) is 19.8 Å². The lowest BCUT2D eigenvalue weighted by Crippen LogP contribution is -2.36. The predicted molar refractivity (Wildman–Crippen MR) is 37.5 cm³/mol. The van der Waals surface area contributed by atoms with Gasteiger partial charge >= 0.3 is 0 Å². The maximum Gasteiger partial charge on any atom is 0.0619 e. The lowest BCUT2D eigenvalue weighted by molar-refractivity contribution is 0.0711. The number of nitrogens with one attached hydrogen (secondary N) is 1. The van der Waals surface area contributed by atoms with Gasteiger partial charge in [0, 0.05) is 12.6 Å². The monoisotopic (exact) mass is 129 g/mol. The summed E-state index contributed by atoms with van der Waals surface area (Å²) in [5.41, 5.74) is 0. The van der Waals surface area contributed by atoms with Crippen LogP contribution in [-0.2, 0) is 4.74 Å². The molecule has 2 heteroatoms. The Balaban J connectivity index is 2.08. The number of ether oxygens (including phenoxy) is 1. The number of likely N-dealkylation sites (N-methyl/N-ethyl adjacent to an activating group) is 1. The van der Waals surface area contributed by atoms with E-state index in [9.17, 15) is 0 Å². The van der Waals surface area contributed by atoms with E-state index < -0.39 is 0 Å². The molecule has 9 heavy (non-hydrogen) atoms. The van der Waals surface area contributed by atoms with Crippen LogP contribution in [-0.4, -0.2) is 25.8 Å². The molecule has 0 aromatic carbocycles. The second-order valence-electron chi connectivity index (χ2n) is 2.47. The fourth-order valence-corrected chi connectivity index (χ4v) is 1.19. The summed E-state index contributed by atoms with van der Waals surface area (Å²) in [5, 5.41) is 3.36. The Hall–Kier alpha value is -0.0800. The summed E-state index contributed by atoms with van der Waals surface area (Å²) in [6, 6.07) is 0.628. The third kappa shape index (κ3) is 2.33. The van der Waals surface area contributed by atoms with Crippen LogP contribution in [0.15, 0.2) is 0 Å². The summed E-state index contributed by atoms with van der Waals surface area (Å²) in [7, 11) is 0. The molecule has 1 saturated heterocycles. The van der Waals surface area contributed by atoms with Crippen molar-refractivity contribution in [3.05, 3.63) is 0 Å². The molecule has 0 aliphatic carbocycles. The zero-order chi connectivity index (χ0) is 6.53. The van der Waals surface area contributed by atoms with Gasteiger partial charge in [0.05, 0.1) is 6.61 Å². The van der Waals surface area contributed by atoms with Gasteiger partial charge in [0.15, 0.2) is 0 Å². The van der Waals surface area contributed by atoms with E-state index in [0.717, 1.165) is 19.8 Å². The van der Waals surface area contributed by atoms with Gasteiger partial charge in [-0.05, 0) is 19.4 Å². The van der Waals surface area contributed by atoms with Crippen molar-refractivity contribution < 1.29 is 4.74 Å². The summed E-state index contributed by atoms with van der Waals surface area (Å²) in [5.74, 6) is 0. The van der Waals surface area contributed by atoms with Crippen LogP contribution in [0.2, 0.25) is 0 Å². The van der Waals surface area contributed by atoms with Crippen LogP contribution in [0, 0.1) is 0 Å². The molecular formula is C7H15NO. The minimum absolute atomic E-state index is 0.628. The molecule has 0 unspecified atom stereocenters. The van der Waals surface area contributed by atoms with E-state index in [1.54, 1.807) is 0 Å². The Morgan fingerprint density at radius 2 is 2.56 bits per heavy atom. The van der Waals surface area contributed by atoms with Gasteiger partial charge in [-0.15, -0.1) is 0 Å². The number of hydrogen-bond donors (Lipinski definition) is 1. The van der Waals surface area contributed by atoms with Gasteiger partial charge in [0.2, 0.25) is 0 Å². The molecule has 1 atom stereocenters. The van der Waals surface area contributed by atoms with Crippen molar-refractivity contribution in [1.29, 1.82) is 0 Å². The Labute approximate surface area is 56.6 Å². The number of hydrogen-bond acceptors (Lipinski definition) is 2. The highest BCUT2D eigenvalue weighted by molar-refractivity contribution is 4.68. The van der Waals surface area contributed by atoms with Crippen molar-refractivity contribution in [2.45, 2.75) is 25.8 Å². The fraction of sp³-hybridized carbons (Fsp3) is 1.00. The first kappa shape index (κ1) is 7.03. The van der Waals surface area contributed by atoms with Crippen LogP contribution in [0.1, 0.15) is 19.8 Å². The molecule has 1 aliphatic rings. The van der Waals surface area contributed by atoms with Gasteiger partial charge in [-0.1, -0.05) is 6.92 Å². The van der Waals surface area contributed by atoms with Gasteiger partial charge in [0.1, 0.15) is 0 Å². The first-order chi connectivity index (χ1) is 4.43. The number of rotatable bonds is 2. The van der Waals surface area contributed by atoms with E-state index in [1.165, 1.54) is 12.8 Å². The van der Waals surface area contributed by atoms with E-state index >= 15 is 0 Å². The predicted octanol–water partition coefficient (Wildman–Crippen LogP) is 0.775. The van der Waals surface area contributed by atoms with Gasteiger partial charge in [-0.2, -0.15) is 0 Å². The second-order valence-corrected chi connectivity index (χ2v) is 2.47. The molecule has 0 amide bonds. The van der Waals surface area contributed by atoms with E-state index in [1.807, 2.05) is 0 Å². The minimum Gasteiger partial charge on any atom is -0.380 e. The van der Waals surface area contributed by atoms with Crippen LogP contribution >= 0.6 is 0 Å². The summed E-state index contributed by atoms with van der Waals surface area (Å²) in [6.07, 6.45) is 2.51. The van der Waals surface area contributed by atoms with Crippen LogP contribution in [0.25, 0.3) is 0 Å². The molecule has 1 aliphatic heterocycles. The van der Waals surface area contributed by atoms with Crippen molar-refractivity contribution in [1.82, 2.24) is 5.32 Å². The summed E-state index contributed by atoms with van der Waals surface area (Å²) >= 11 is 0. The first-order valence-corrected chi connectivity index (χ1v) is 3.74. The van der Waals surface area contributed by atoms with E-state index in [-0.39, 0.29) is 0 Å². The molecule has 1 fully saturated rings. The molecule has 1 rings (SSSR count). The maximum atomic E-state index is 5.27. The highest BCUT2D eigenvalue weighted by Gasteiger charge is 2.10. The van der Waals surface area contributed by atoms with Crippen molar-refractivity contribution in [2.24, 2.45) is 0 Å². The molecule has 0 saturated carbocycles. The van der Waals surface area contributed by atoms with Crippen molar-refractivity contribution in [3.8, 4) is 0 Å². The van der Waals surface area contributed by atoms with Crippen LogP contribution in [0.4, 0.5) is 0 Å². The van der Waals surface area contributed by atoms with Crippen molar-refractivity contribution in [3.63, 3.8) is 0 Å². The Morgan fingerprint density at radius 1 is 1.67 bits per heavy atom. The SMILES string of the molecule is CCN[C@@H]1CCCOC1. The molecule has 1 N–H and O–H groups in total. The summed E-state index contributed by atoms with van der Waals surface area (Å²) < 4.78 is 5.27. The molecular weight excluding hydrogens is 114 g/mol. The molecule has 0 radical (unpaired) electrons. The molecule has 54 valence electrons. The van der Waals surface area contributed by atoms with Gasteiger partial charge < -0.3 is 10.1 Å². The molecule has 1 heterocycles. The van der Waals surface area contributed by atoms with E-state index in [4.69, 9.17) is 4.74 Å². The second kappa shape index (κ2) is 3.85. The Kier molecular flexibility index (Phi) is 3.01. The van der Waals surface area contributed by atoms with Crippen LogP contribution < -0.4 is 5.32 Å². The fourth-order valence-electron chi connectivity index (χ4n) is 1.19. The average Bonchev–Trinajstić information content (AvgIpc) is 1.91. The Morgan fingerprint density at radius 3 is 3.11 bits per heavy atom. The Bertz CT molecular complexity index is 66.6. The normalized spacial score (nSPS) is 28.3. The highest BCUT2D eigenvalue weighted by atomic mass is 16.5. The maximum absolute atomic E-state index is 5.27. The smallest absolute Gasteiger partial charge is 0.0619 e. The molecule has 2 nitrogen and oxygen atoms in total. The van der Waals surface area contributed by atoms with Gasteiger partial charge in [-0.3, -0.25) is 0 Å². The third-order valence-electron chi connectivity index (χ3n) is 1.65. The zero-order valence-electron chi connectivity index (χ0n) is 6.02. The van der Waals surface area contributed by atoms with E-state index in [2.05, 4.69) is 12.2 Å². The molecule has 0 bridgehead atoms. The third-order valence-corrected chi connectivity index (χ3v) is 1.65. The standard InChI is InChI=1S/C7H15NO/c1-2-8-7-4-3-5-9-6-7/h7-8H,2-6H2,1H3/t7-/m1/s1. The van der Waals surface area contributed by atoms with Gasteiger partial charge in [0.25, 0.3) is 0 Å². The van der Waals surface area contributed by atoms with E-state index in [0.29, 0.717) is 6.04 Å². The zero-order valence-corrected chi connectivity index (χ0v) is 6.02. The quantitative estimate of drug-likeness (QED) is 0.594. The molecule has 0 aromatic rings. The van der Waals surface area contributed by atoms with Crippen LogP contribution in [0.3, 0.4) is 0 Å². The largest absolute Gasteiger partial charge is 0.380 e. The first-order valence-electron chi connectivity index (χ1n) is 3.74. The molecule has 0 aromatic heterocycles. The summed E-state index contributed by atoms with van der Waals surface area (Å²) in [6.45, 7) is 5.07. The summed E-state index contributed by atoms with van der Waals surface area (Å²) in [4.78, 5) is 0. The lowest BCUT2D eigenvalue weighted by Gasteiger charge is -2.22. The lowest BCUT2D eigenvalue weighted by atomic mass is 10.1. The van der Waals surface area contributed by atoms with Crippen molar-refractivity contribution >= 4 is 0 Å². The van der Waals surface area contributed by atoms with Crippen LogP contribution in [0.5, 0.6) is 0 Å². The average molecular weight is 129 g/mol. The minimum atomic E-state index is 0.628. The molecule has 0 spiro atoms. The highest BCUT2D eigenvalue weighted by Crippen LogP contribution is 2.04. The topological polar surface area (TPSA) is 21.3 Å². The van der Waals surface area contributed by atoms with Gasteiger partial charge in [-0.25, -0.2) is 0 Å².